The molecule has 0 spiro atoms. The zero-order valence-corrected chi connectivity index (χ0v) is 13.5. The van der Waals surface area contributed by atoms with Gasteiger partial charge in [0.05, 0.1) is 0 Å². The zero-order chi connectivity index (χ0) is 14.2. The van der Waals surface area contributed by atoms with E-state index in [-0.39, 0.29) is 37.7 Å². The molecule has 2 heteroatoms. The molecule has 0 rings (SSSR count). The van der Waals surface area contributed by atoms with Crippen molar-refractivity contribution in [2.75, 3.05) is 0 Å². The number of ketones is 1. The molecule has 0 aromatic carbocycles. The summed E-state index contributed by atoms with van der Waals surface area (Å²) in [5.74, 6) is 0.346. The second-order valence-corrected chi connectivity index (χ2v) is 6.05. The second kappa shape index (κ2) is 19.9. The standard InChI is InChI=1S/C18H36O.Ca.2H/c1-3-4-5-6-7-8-9-10-11-12-13-14-15-16-17-18(2)19;;;/h3-17H2,1-2H3;;;. The van der Waals surface area contributed by atoms with Crippen LogP contribution in [0.2, 0.25) is 0 Å². The van der Waals surface area contributed by atoms with E-state index in [1.807, 2.05) is 0 Å². The summed E-state index contributed by atoms with van der Waals surface area (Å²) in [4.78, 5) is 10.8. The Bertz CT molecular complexity index is 192. The van der Waals surface area contributed by atoms with Crippen molar-refractivity contribution in [1.82, 2.24) is 0 Å². The first-order chi connectivity index (χ1) is 9.27. The van der Waals surface area contributed by atoms with Gasteiger partial charge in [-0.25, -0.2) is 0 Å². The Morgan fingerprint density at radius 1 is 0.600 bits per heavy atom. The first-order valence-corrected chi connectivity index (χ1v) is 8.76. The van der Waals surface area contributed by atoms with E-state index < -0.39 is 0 Å². The normalized spacial score (nSPS) is 10.3. The Morgan fingerprint density at radius 2 is 0.900 bits per heavy atom. The van der Waals surface area contributed by atoms with Crippen LogP contribution in [-0.4, -0.2) is 43.5 Å². The Kier molecular flexibility index (Phi) is 23.1. The number of unbranched alkanes of at least 4 members (excludes halogenated alkanes) is 13. The van der Waals surface area contributed by atoms with Gasteiger partial charge < -0.3 is 4.79 Å². The molecule has 0 radical (unpaired) electrons. The molecular formula is C18H38CaO. The molecule has 0 aliphatic heterocycles. The number of carbonyl (C=O) groups excluding carboxylic acids is 1. The van der Waals surface area contributed by atoms with Gasteiger partial charge in [0.25, 0.3) is 0 Å². The summed E-state index contributed by atoms with van der Waals surface area (Å²) in [5, 5.41) is 0. The van der Waals surface area contributed by atoms with Crippen molar-refractivity contribution >= 4 is 43.5 Å². The number of carbonyl (C=O) groups is 1. The molecule has 0 unspecified atom stereocenters. The fourth-order valence-corrected chi connectivity index (χ4v) is 2.57. The van der Waals surface area contributed by atoms with E-state index in [1.54, 1.807) is 6.92 Å². The van der Waals surface area contributed by atoms with Gasteiger partial charge >= 0.3 is 37.7 Å². The third-order valence-corrected chi connectivity index (χ3v) is 3.88. The molecule has 20 heavy (non-hydrogen) atoms. The third kappa shape index (κ3) is 21.2. The summed E-state index contributed by atoms with van der Waals surface area (Å²) in [7, 11) is 0. The molecular weight excluding hydrogens is 272 g/mol. The predicted octanol–water partition coefficient (Wildman–Crippen LogP) is 5.53. The van der Waals surface area contributed by atoms with Crippen LogP contribution in [-0.2, 0) is 4.79 Å². The first kappa shape index (κ1) is 23.2. The van der Waals surface area contributed by atoms with E-state index in [9.17, 15) is 4.79 Å². The van der Waals surface area contributed by atoms with Gasteiger partial charge in [0.1, 0.15) is 5.78 Å². The molecule has 0 amide bonds. The molecule has 0 aliphatic carbocycles. The molecule has 0 saturated carbocycles. The molecule has 1 nitrogen and oxygen atoms in total. The van der Waals surface area contributed by atoms with Crippen molar-refractivity contribution in [1.29, 1.82) is 0 Å². The molecule has 0 N–H and O–H groups in total. The van der Waals surface area contributed by atoms with Gasteiger partial charge in [-0.05, 0) is 13.3 Å². The van der Waals surface area contributed by atoms with Crippen LogP contribution in [0.25, 0.3) is 0 Å². The average molecular weight is 311 g/mol. The van der Waals surface area contributed by atoms with Crippen molar-refractivity contribution in [2.45, 2.75) is 110 Å². The minimum atomic E-state index is 0. The summed E-state index contributed by atoms with van der Waals surface area (Å²) in [6, 6.07) is 0. The van der Waals surface area contributed by atoms with Crippen LogP contribution in [0, 0.1) is 0 Å². The minimum absolute atomic E-state index is 0. The summed E-state index contributed by atoms with van der Waals surface area (Å²) in [6.45, 7) is 3.97. The van der Waals surface area contributed by atoms with Crippen molar-refractivity contribution < 1.29 is 4.79 Å². The molecule has 0 aromatic heterocycles. The Labute approximate surface area is 157 Å². The monoisotopic (exact) mass is 310 g/mol. The fraction of sp³-hybridized carbons (Fsp3) is 0.944. The molecule has 0 atom stereocenters. The summed E-state index contributed by atoms with van der Waals surface area (Å²) < 4.78 is 0. The maximum atomic E-state index is 10.8. The van der Waals surface area contributed by atoms with Crippen LogP contribution >= 0.6 is 0 Å². The molecule has 0 fully saturated rings. The number of rotatable bonds is 15. The molecule has 0 bridgehead atoms. The van der Waals surface area contributed by atoms with Crippen molar-refractivity contribution in [2.24, 2.45) is 0 Å². The van der Waals surface area contributed by atoms with Crippen LogP contribution < -0.4 is 0 Å². The van der Waals surface area contributed by atoms with Crippen LogP contribution in [0.4, 0.5) is 0 Å². The van der Waals surface area contributed by atoms with E-state index in [4.69, 9.17) is 0 Å². The van der Waals surface area contributed by atoms with Gasteiger partial charge in [0.2, 0.25) is 0 Å². The van der Waals surface area contributed by atoms with Gasteiger partial charge in [0.15, 0.2) is 0 Å². The third-order valence-electron chi connectivity index (χ3n) is 3.88. The molecule has 118 valence electrons. The van der Waals surface area contributed by atoms with Crippen LogP contribution in [0.15, 0.2) is 0 Å². The van der Waals surface area contributed by atoms with Crippen molar-refractivity contribution in [3.8, 4) is 0 Å². The molecule has 0 aliphatic rings. The quantitative estimate of drug-likeness (QED) is 0.287. The van der Waals surface area contributed by atoms with E-state index >= 15 is 0 Å². The number of hydrogen-bond donors (Lipinski definition) is 0. The van der Waals surface area contributed by atoms with E-state index in [0.29, 0.717) is 5.78 Å². The van der Waals surface area contributed by atoms with E-state index in [2.05, 4.69) is 6.92 Å². The van der Waals surface area contributed by atoms with Gasteiger partial charge in [-0.15, -0.1) is 0 Å². The fourth-order valence-electron chi connectivity index (χ4n) is 2.57. The van der Waals surface area contributed by atoms with Crippen molar-refractivity contribution in [3.63, 3.8) is 0 Å². The first-order valence-electron chi connectivity index (χ1n) is 8.76. The molecule has 0 aromatic rings. The molecule has 0 heterocycles. The topological polar surface area (TPSA) is 17.1 Å². The zero-order valence-electron chi connectivity index (χ0n) is 13.5. The molecule has 0 saturated heterocycles. The number of Topliss-reactive ketones (excluding diaryl/α,β-unsaturated/α-hetero) is 1. The van der Waals surface area contributed by atoms with Crippen LogP contribution in [0.3, 0.4) is 0 Å². The van der Waals surface area contributed by atoms with Gasteiger partial charge in [-0.2, -0.15) is 0 Å². The van der Waals surface area contributed by atoms with Gasteiger partial charge in [-0.3, -0.25) is 0 Å². The van der Waals surface area contributed by atoms with Crippen LogP contribution in [0.1, 0.15) is 110 Å². The van der Waals surface area contributed by atoms with Crippen LogP contribution in [0.5, 0.6) is 0 Å². The SMILES string of the molecule is CCCCCCCCCCCCCCCCC(C)=O.[CaH2]. The Balaban J connectivity index is 0. The van der Waals surface area contributed by atoms with Crippen molar-refractivity contribution in [3.05, 3.63) is 0 Å². The number of hydrogen-bond acceptors (Lipinski definition) is 1. The van der Waals surface area contributed by atoms with Gasteiger partial charge in [0, 0.05) is 6.42 Å². The average Bonchev–Trinajstić information content (AvgIpc) is 2.39. The van der Waals surface area contributed by atoms with E-state index in [1.165, 1.54) is 83.5 Å². The maximum absolute atomic E-state index is 10.8. The van der Waals surface area contributed by atoms with Gasteiger partial charge in [-0.1, -0.05) is 90.4 Å². The second-order valence-electron chi connectivity index (χ2n) is 6.05. The summed E-state index contributed by atoms with van der Waals surface area (Å²) in [6.07, 6.45) is 20.1. The predicted molar refractivity (Wildman–Crippen MR) is 94.2 cm³/mol. The summed E-state index contributed by atoms with van der Waals surface area (Å²) >= 11 is 0. The Hall–Kier alpha value is 0.930. The summed E-state index contributed by atoms with van der Waals surface area (Å²) in [5.41, 5.74) is 0. The van der Waals surface area contributed by atoms with E-state index in [0.717, 1.165) is 12.8 Å². The Morgan fingerprint density at radius 3 is 1.20 bits per heavy atom.